The molecule has 10 aromatic carbocycles. The number of fused-ring (bicyclic) bond motifs is 7. The molecule has 1 aliphatic rings. The standard InChI is InChI=1S/C63H48N2/c1-41-16-8-11-21-52(41)61-42(2)56(40-57-55-23-13-15-25-60(55)65(62(57)61)50-35-28-44-19-9-10-20-47(44)38-50)46-29-33-49(34-30-46)64(48-31-26-45(27-32-48)43-17-6-5-7-18-43)51-36-37-54-53-22-12-14-24-58(53)63(3,4)59(54)39-51/h5-40H,1-4H3. The second-order valence-electron chi connectivity index (χ2n) is 18.2. The van der Waals surface area contributed by atoms with E-state index in [-0.39, 0.29) is 5.41 Å². The maximum atomic E-state index is 2.50. The number of aryl methyl sites for hydroxylation is 1. The van der Waals surface area contributed by atoms with E-state index >= 15 is 0 Å². The lowest BCUT2D eigenvalue weighted by molar-refractivity contribution is 0.660. The van der Waals surface area contributed by atoms with E-state index in [9.17, 15) is 0 Å². The van der Waals surface area contributed by atoms with Crippen molar-refractivity contribution in [3.63, 3.8) is 0 Å². The van der Waals surface area contributed by atoms with Crippen molar-refractivity contribution in [2.24, 2.45) is 0 Å². The molecule has 0 saturated heterocycles. The van der Waals surface area contributed by atoms with Gasteiger partial charge in [-0.05, 0) is 146 Å². The van der Waals surface area contributed by atoms with Crippen molar-refractivity contribution in [3.8, 4) is 50.2 Å². The third kappa shape index (κ3) is 6.24. The van der Waals surface area contributed by atoms with Gasteiger partial charge in [0.25, 0.3) is 0 Å². The zero-order valence-electron chi connectivity index (χ0n) is 37.2. The van der Waals surface area contributed by atoms with Crippen molar-refractivity contribution in [1.82, 2.24) is 4.57 Å². The third-order valence-electron chi connectivity index (χ3n) is 14.1. The van der Waals surface area contributed by atoms with Crippen LogP contribution in [0.1, 0.15) is 36.1 Å². The summed E-state index contributed by atoms with van der Waals surface area (Å²) in [5.41, 5.74) is 22.1. The molecule has 65 heavy (non-hydrogen) atoms. The van der Waals surface area contributed by atoms with Crippen LogP contribution in [0.15, 0.2) is 218 Å². The van der Waals surface area contributed by atoms with Crippen LogP contribution in [0.3, 0.4) is 0 Å². The molecule has 0 bridgehead atoms. The number of para-hydroxylation sites is 1. The first-order valence-electron chi connectivity index (χ1n) is 22.8. The Morgan fingerprint density at radius 2 is 1.00 bits per heavy atom. The largest absolute Gasteiger partial charge is 0.310 e. The number of hydrogen-bond acceptors (Lipinski definition) is 1. The van der Waals surface area contributed by atoms with E-state index in [1.807, 2.05) is 0 Å². The molecule has 0 amide bonds. The van der Waals surface area contributed by atoms with Gasteiger partial charge in [-0.25, -0.2) is 0 Å². The number of rotatable bonds is 7. The minimum absolute atomic E-state index is 0.114. The molecule has 0 fully saturated rings. The van der Waals surface area contributed by atoms with Crippen molar-refractivity contribution >= 4 is 49.6 Å². The summed E-state index contributed by atoms with van der Waals surface area (Å²) in [6.07, 6.45) is 0. The highest BCUT2D eigenvalue weighted by atomic mass is 15.1. The van der Waals surface area contributed by atoms with E-state index in [0.29, 0.717) is 0 Å². The van der Waals surface area contributed by atoms with Crippen molar-refractivity contribution in [3.05, 3.63) is 241 Å². The summed E-state index contributed by atoms with van der Waals surface area (Å²) < 4.78 is 2.50. The Balaban J connectivity index is 1.03. The summed E-state index contributed by atoms with van der Waals surface area (Å²) in [7, 11) is 0. The first-order valence-corrected chi connectivity index (χ1v) is 22.8. The van der Waals surface area contributed by atoms with Gasteiger partial charge in [0, 0.05) is 44.5 Å². The molecule has 0 atom stereocenters. The molecule has 11 aromatic rings. The molecule has 0 unspecified atom stereocenters. The molecule has 0 spiro atoms. The lowest BCUT2D eigenvalue weighted by Crippen LogP contribution is -2.16. The Morgan fingerprint density at radius 1 is 0.400 bits per heavy atom. The minimum atomic E-state index is -0.114. The molecule has 0 aliphatic heterocycles. The van der Waals surface area contributed by atoms with Crippen molar-refractivity contribution in [1.29, 1.82) is 0 Å². The smallest absolute Gasteiger partial charge is 0.0622 e. The molecule has 2 nitrogen and oxygen atoms in total. The fourth-order valence-corrected chi connectivity index (χ4v) is 10.8. The van der Waals surface area contributed by atoms with Gasteiger partial charge in [0.05, 0.1) is 11.0 Å². The summed E-state index contributed by atoms with van der Waals surface area (Å²) in [6.45, 7) is 9.28. The Hall–Kier alpha value is -7.94. The molecule has 0 radical (unpaired) electrons. The lowest BCUT2D eigenvalue weighted by Gasteiger charge is -2.28. The number of aromatic nitrogens is 1. The predicted octanol–water partition coefficient (Wildman–Crippen LogP) is 17.3. The van der Waals surface area contributed by atoms with Crippen molar-refractivity contribution < 1.29 is 0 Å². The fourth-order valence-electron chi connectivity index (χ4n) is 10.8. The molecular formula is C63H48N2. The number of anilines is 3. The highest BCUT2D eigenvalue weighted by molar-refractivity contribution is 6.16. The van der Waals surface area contributed by atoms with Crippen molar-refractivity contribution in [2.45, 2.75) is 33.1 Å². The second kappa shape index (κ2) is 15.1. The van der Waals surface area contributed by atoms with Crippen LogP contribution in [0.4, 0.5) is 17.1 Å². The van der Waals surface area contributed by atoms with Gasteiger partial charge in [-0.1, -0.05) is 172 Å². The highest BCUT2D eigenvalue weighted by Crippen LogP contribution is 2.51. The van der Waals surface area contributed by atoms with Gasteiger partial charge in [0.2, 0.25) is 0 Å². The Kier molecular flexibility index (Phi) is 9.00. The van der Waals surface area contributed by atoms with E-state index in [1.54, 1.807) is 0 Å². The topological polar surface area (TPSA) is 8.17 Å². The molecule has 12 rings (SSSR count). The maximum absolute atomic E-state index is 2.50. The number of benzene rings is 10. The number of hydrogen-bond donors (Lipinski definition) is 0. The van der Waals surface area contributed by atoms with E-state index in [4.69, 9.17) is 0 Å². The Morgan fingerprint density at radius 3 is 1.77 bits per heavy atom. The van der Waals surface area contributed by atoms with Crippen LogP contribution in [0, 0.1) is 13.8 Å². The van der Waals surface area contributed by atoms with Crippen LogP contribution in [0.25, 0.3) is 82.8 Å². The first kappa shape index (κ1) is 38.7. The Bertz CT molecular complexity index is 3630. The minimum Gasteiger partial charge on any atom is -0.310 e. The molecule has 2 heteroatoms. The van der Waals surface area contributed by atoms with E-state index < -0.39 is 0 Å². The van der Waals surface area contributed by atoms with Crippen LogP contribution in [-0.2, 0) is 5.41 Å². The fraction of sp³-hybridized carbons (Fsp3) is 0.0794. The molecule has 1 aromatic heterocycles. The van der Waals surface area contributed by atoms with Gasteiger partial charge in [0.1, 0.15) is 0 Å². The van der Waals surface area contributed by atoms with Gasteiger partial charge in [-0.3, -0.25) is 0 Å². The van der Waals surface area contributed by atoms with E-state index in [2.05, 4.69) is 256 Å². The van der Waals surface area contributed by atoms with Crippen LogP contribution >= 0.6 is 0 Å². The van der Waals surface area contributed by atoms with Gasteiger partial charge in [-0.2, -0.15) is 0 Å². The molecule has 1 heterocycles. The normalized spacial score (nSPS) is 12.7. The zero-order valence-corrected chi connectivity index (χ0v) is 37.2. The Labute approximate surface area is 381 Å². The van der Waals surface area contributed by atoms with E-state index in [0.717, 1.165) is 22.7 Å². The molecule has 0 saturated carbocycles. The van der Waals surface area contributed by atoms with Crippen LogP contribution < -0.4 is 4.90 Å². The van der Waals surface area contributed by atoms with Gasteiger partial charge in [-0.15, -0.1) is 0 Å². The summed E-state index contributed by atoms with van der Waals surface area (Å²) in [5.74, 6) is 0. The maximum Gasteiger partial charge on any atom is 0.0622 e. The predicted molar refractivity (Wildman–Crippen MR) is 276 cm³/mol. The lowest BCUT2D eigenvalue weighted by atomic mass is 9.82. The molecular weight excluding hydrogens is 785 g/mol. The number of nitrogens with zero attached hydrogens (tertiary/aromatic N) is 2. The van der Waals surface area contributed by atoms with Gasteiger partial charge in [0.15, 0.2) is 0 Å². The quantitative estimate of drug-likeness (QED) is 0.155. The van der Waals surface area contributed by atoms with Crippen LogP contribution in [-0.4, -0.2) is 4.57 Å². The van der Waals surface area contributed by atoms with E-state index in [1.165, 1.54) is 99.3 Å². The van der Waals surface area contributed by atoms with Crippen molar-refractivity contribution in [2.75, 3.05) is 4.90 Å². The first-order chi connectivity index (χ1) is 31.8. The molecule has 310 valence electrons. The highest BCUT2D eigenvalue weighted by Gasteiger charge is 2.36. The summed E-state index contributed by atoms with van der Waals surface area (Å²) in [5, 5.41) is 4.97. The average Bonchev–Trinajstić information content (AvgIpc) is 3.80. The summed E-state index contributed by atoms with van der Waals surface area (Å²) in [4.78, 5) is 2.42. The van der Waals surface area contributed by atoms with Gasteiger partial charge >= 0.3 is 0 Å². The summed E-state index contributed by atoms with van der Waals surface area (Å²) >= 11 is 0. The average molecular weight is 833 g/mol. The molecule has 1 aliphatic carbocycles. The monoisotopic (exact) mass is 832 g/mol. The van der Waals surface area contributed by atoms with Crippen LogP contribution in [0.2, 0.25) is 0 Å². The summed E-state index contributed by atoms with van der Waals surface area (Å²) in [6, 6.07) is 80.6. The molecule has 0 N–H and O–H groups in total. The van der Waals surface area contributed by atoms with Crippen LogP contribution in [0.5, 0.6) is 0 Å². The zero-order chi connectivity index (χ0) is 43.8. The SMILES string of the molecule is Cc1ccccc1-c1c(C)c(-c2ccc(N(c3ccc(-c4ccccc4)cc3)c3ccc4c(c3)C(C)(C)c3ccccc3-4)cc2)cc2c3ccccc3n(-c3ccc4ccccc4c3)c12. The van der Waals surface area contributed by atoms with Gasteiger partial charge < -0.3 is 9.47 Å². The third-order valence-corrected chi connectivity index (χ3v) is 14.1. The second-order valence-corrected chi connectivity index (χ2v) is 18.2.